The molecule has 0 N–H and O–H groups in total. The third kappa shape index (κ3) is 4.31. The second-order valence-electron chi connectivity index (χ2n) is 7.22. The number of nitrogens with zero attached hydrogens (tertiary/aromatic N) is 4. The number of hydrogen-bond acceptors (Lipinski definition) is 5. The van der Waals surface area contributed by atoms with Crippen LogP contribution in [0.5, 0.6) is 0 Å². The summed E-state index contributed by atoms with van der Waals surface area (Å²) in [6.45, 7) is 7.41. The molecule has 0 saturated carbocycles. The van der Waals surface area contributed by atoms with Crippen molar-refractivity contribution in [2.45, 2.75) is 19.5 Å². The van der Waals surface area contributed by atoms with E-state index in [1.54, 1.807) is 11.3 Å². The van der Waals surface area contributed by atoms with Gasteiger partial charge in [0.1, 0.15) is 5.01 Å². The van der Waals surface area contributed by atoms with Gasteiger partial charge in [0.15, 0.2) is 0 Å². The molecule has 2 heterocycles. The number of thiazole rings is 1. The van der Waals surface area contributed by atoms with Crippen molar-refractivity contribution in [1.29, 1.82) is 5.26 Å². The molecule has 1 unspecified atom stereocenters. The molecule has 0 amide bonds. The van der Waals surface area contributed by atoms with Crippen LogP contribution in [0.2, 0.25) is 0 Å². The number of piperazine rings is 1. The van der Waals surface area contributed by atoms with Crippen LogP contribution in [0, 0.1) is 11.3 Å². The van der Waals surface area contributed by atoms with Gasteiger partial charge in [-0.1, -0.05) is 42.5 Å². The Kier molecular flexibility index (Phi) is 5.82. The first-order valence-electron chi connectivity index (χ1n) is 9.69. The molecule has 1 aromatic heterocycles. The van der Waals surface area contributed by atoms with Gasteiger partial charge >= 0.3 is 0 Å². The van der Waals surface area contributed by atoms with E-state index in [0.717, 1.165) is 43.3 Å². The normalized spacial score (nSPS) is 16.6. The van der Waals surface area contributed by atoms with Gasteiger partial charge in [-0.2, -0.15) is 5.26 Å². The lowest BCUT2D eigenvalue weighted by molar-refractivity contribution is 0.0984. The van der Waals surface area contributed by atoms with E-state index in [-0.39, 0.29) is 0 Å². The number of nitriles is 1. The van der Waals surface area contributed by atoms with Crippen LogP contribution in [-0.2, 0) is 6.54 Å². The Morgan fingerprint density at radius 3 is 2.61 bits per heavy atom. The largest absolute Gasteiger partial charge is 0.296 e. The molecule has 3 aromatic rings. The van der Waals surface area contributed by atoms with Gasteiger partial charge in [-0.15, -0.1) is 11.3 Å². The fourth-order valence-electron chi connectivity index (χ4n) is 3.70. The molecule has 1 saturated heterocycles. The maximum Gasteiger partial charge on any atom is 0.123 e. The summed E-state index contributed by atoms with van der Waals surface area (Å²) in [5.41, 5.74) is 3.15. The van der Waals surface area contributed by atoms with Crippen molar-refractivity contribution in [3.8, 4) is 16.6 Å². The molecule has 0 radical (unpaired) electrons. The predicted molar refractivity (Wildman–Crippen MR) is 114 cm³/mol. The van der Waals surface area contributed by atoms with E-state index >= 15 is 0 Å². The third-order valence-electron chi connectivity index (χ3n) is 5.41. The molecule has 0 aliphatic carbocycles. The summed E-state index contributed by atoms with van der Waals surface area (Å²) in [4.78, 5) is 10.9. The number of aromatic nitrogens is 1. The van der Waals surface area contributed by atoms with Crippen molar-refractivity contribution in [1.82, 2.24) is 14.8 Å². The molecule has 1 atom stereocenters. The lowest BCUT2D eigenvalue weighted by atomic mass is 10.0. The average molecular weight is 389 g/mol. The molecule has 1 fully saturated rings. The summed E-state index contributed by atoms with van der Waals surface area (Å²) >= 11 is 1.79. The van der Waals surface area contributed by atoms with Gasteiger partial charge in [-0.25, -0.2) is 4.98 Å². The highest BCUT2D eigenvalue weighted by Crippen LogP contribution is 2.27. The number of rotatable bonds is 5. The highest BCUT2D eigenvalue weighted by molar-refractivity contribution is 7.15. The van der Waals surface area contributed by atoms with Crippen molar-refractivity contribution in [3.63, 3.8) is 0 Å². The van der Waals surface area contributed by atoms with Gasteiger partial charge in [-0.05, 0) is 24.6 Å². The summed E-state index contributed by atoms with van der Waals surface area (Å²) in [6.07, 6.45) is 2.02. The van der Waals surface area contributed by atoms with Crippen molar-refractivity contribution in [2.24, 2.45) is 0 Å². The fraction of sp³-hybridized carbons (Fsp3) is 0.304. The average Bonchev–Trinajstić information content (AvgIpc) is 3.23. The van der Waals surface area contributed by atoms with Crippen LogP contribution in [0.3, 0.4) is 0 Å². The summed E-state index contributed by atoms with van der Waals surface area (Å²) in [7, 11) is 0. The second kappa shape index (κ2) is 8.66. The Balaban J connectivity index is 1.33. The number of hydrogen-bond donors (Lipinski definition) is 0. The highest BCUT2D eigenvalue weighted by atomic mass is 32.1. The van der Waals surface area contributed by atoms with Crippen LogP contribution < -0.4 is 0 Å². The molecule has 5 heteroatoms. The Labute approximate surface area is 170 Å². The first-order chi connectivity index (χ1) is 13.7. The fourth-order valence-corrected chi connectivity index (χ4v) is 4.66. The highest BCUT2D eigenvalue weighted by Gasteiger charge is 2.22. The molecule has 28 heavy (non-hydrogen) atoms. The smallest absolute Gasteiger partial charge is 0.123 e. The number of benzene rings is 2. The zero-order valence-electron chi connectivity index (χ0n) is 16.1. The molecule has 1 aliphatic heterocycles. The minimum absolute atomic E-state index is 0.337. The summed E-state index contributed by atoms with van der Waals surface area (Å²) in [6, 6.07) is 21.0. The monoisotopic (exact) mass is 388 g/mol. The zero-order chi connectivity index (χ0) is 19.3. The van der Waals surface area contributed by atoms with E-state index in [1.807, 2.05) is 30.5 Å². The second-order valence-corrected chi connectivity index (χ2v) is 8.34. The van der Waals surface area contributed by atoms with E-state index < -0.39 is 0 Å². The lowest BCUT2D eigenvalue weighted by Crippen LogP contribution is -2.46. The van der Waals surface area contributed by atoms with Crippen LogP contribution in [0.1, 0.15) is 29.0 Å². The minimum Gasteiger partial charge on any atom is -0.296 e. The van der Waals surface area contributed by atoms with Gasteiger partial charge < -0.3 is 0 Å². The van der Waals surface area contributed by atoms with Crippen molar-refractivity contribution >= 4 is 11.3 Å². The quantitative estimate of drug-likeness (QED) is 0.643. The standard InChI is InChI=1S/C23H24N4S/c1-18(21-9-5-6-19(14-21)15-24)27-12-10-26(11-13-27)17-22-16-25-23(28-22)20-7-3-2-4-8-20/h2-9,14,16,18H,10-13,17H2,1H3. The Bertz CT molecular complexity index is 952. The SMILES string of the molecule is CC(c1cccc(C#N)c1)N1CCN(Cc2cnc(-c3ccccc3)s2)CC1. The van der Waals surface area contributed by atoms with Gasteiger partial charge in [0, 0.05) is 55.4 Å². The molecule has 1 aliphatic rings. The van der Waals surface area contributed by atoms with Gasteiger partial charge in [0.25, 0.3) is 0 Å². The van der Waals surface area contributed by atoms with Gasteiger partial charge in [0.2, 0.25) is 0 Å². The molecule has 142 valence electrons. The Morgan fingerprint density at radius 1 is 1.07 bits per heavy atom. The minimum atomic E-state index is 0.337. The molecular formula is C23H24N4S. The molecule has 0 bridgehead atoms. The lowest BCUT2D eigenvalue weighted by Gasteiger charge is -2.38. The van der Waals surface area contributed by atoms with E-state index in [0.29, 0.717) is 6.04 Å². The van der Waals surface area contributed by atoms with Crippen LogP contribution in [-0.4, -0.2) is 41.0 Å². The third-order valence-corrected chi connectivity index (χ3v) is 6.44. The molecule has 4 nitrogen and oxygen atoms in total. The van der Waals surface area contributed by atoms with Crippen molar-refractivity contribution < 1.29 is 0 Å². The first-order valence-corrected chi connectivity index (χ1v) is 10.5. The van der Waals surface area contributed by atoms with Crippen molar-refractivity contribution in [3.05, 3.63) is 76.8 Å². The van der Waals surface area contributed by atoms with Gasteiger partial charge in [-0.3, -0.25) is 9.80 Å². The van der Waals surface area contributed by atoms with E-state index in [2.05, 4.69) is 58.1 Å². The van der Waals surface area contributed by atoms with Gasteiger partial charge in [0.05, 0.1) is 11.6 Å². The summed E-state index contributed by atoms with van der Waals surface area (Å²) in [5.74, 6) is 0. The maximum atomic E-state index is 9.13. The van der Waals surface area contributed by atoms with Crippen LogP contribution in [0.25, 0.3) is 10.6 Å². The van der Waals surface area contributed by atoms with E-state index in [1.165, 1.54) is 16.0 Å². The zero-order valence-corrected chi connectivity index (χ0v) is 16.9. The molecule has 2 aromatic carbocycles. The Morgan fingerprint density at radius 2 is 1.86 bits per heavy atom. The maximum absolute atomic E-state index is 9.13. The summed E-state index contributed by atoms with van der Waals surface area (Å²) in [5, 5.41) is 10.2. The van der Waals surface area contributed by atoms with E-state index in [9.17, 15) is 0 Å². The topological polar surface area (TPSA) is 43.2 Å². The summed E-state index contributed by atoms with van der Waals surface area (Å²) < 4.78 is 0. The molecule has 4 rings (SSSR count). The van der Waals surface area contributed by atoms with Crippen LogP contribution in [0.15, 0.2) is 60.8 Å². The van der Waals surface area contributed by atoms with Crippen LogP contribution in [0.4, 0.5) is 0 Å². The molecular weight excluding hydrogens is 364 g/mol. The van der Waals surface area contributed by atoms with Crippen molar-refractivity contribution in [2.75, 3.05) is 26.2 Å². The Hall–Kier alpha value is -2.52. The predicted octanol–water partition coefficient (Wildman–Crippen LogP) is 4.56. The van der Waals surface area contributed by atoms with E-state index in [4.69, 9.17) is 5.26 Å². The molecule has 0 spiro atoms. The first kappa shape index (κ1) is 18.8. The van der Waals surface area contributed by atoms with Crippen LogP contribution >= 0.6 is 11.3 Å².